The summed E-state index contributed by atoms with van der Waals surface area (Å²) in [6.07, 6.45) is 0.468. The van der Waals surface area contributed by atoms with Crippen LogP contribution in [-0.2, 0) is 5.41 Å². The van der Waals surface area contributed by atoms with Crippen molar-refractivity contribution in [1.82, 2.24) is 9.38 Å². The highest BCUT2D eigenvalue weighted by atomic mass is 19.3. The van der Waals surface area contributed by atoms with E-state index < -0.39 is 23.2 Å². The Morgan fingerprint density at radius 1 is 1.21 bits per heavy atom. The van der Waals surface area contributed by atoms with Gasteiger partial charge in [0, 0.05) is 33.8 Å². The quantitative estimate of drug-likeness (QED) is 0.556. The van der Waals surface area contributed by atoms with E-state index in [1.807, 2.05) is 19.9 Å². The zero-order chi connectivity index (χ0) is 23.7. The number of hydrogen-bond donors (Lipinski definition) is 2. The summed E-state index contributed by atoms with van der Waals surface area (Å²) < 4.78 is 28.3. The number of nitrogens with zero attached hydrogens (tertiary/aromatic N) is 2. The standard InChI is InChI=1S/C25H25F2N3O3/c1-13-8-17(15(3)28-18-7-5-4-6-16(18)22(32)33)20-29-19(14(2)21(31)30(20)9-13)24-10-25(11-24,12-24)23(26)27/h4-9,15,23,28H,10-12H2,1-3H3,(H,32,33)/t15-,24?,25?/m1/s1. The van der Waals surface area contributed by atoms with Crippen LogP contribution in [0.2, 0.25) is 0 Å². The van der Waals surface area contributed by atoms with E-state index in [1.165, 1.54) is 10.5 Å². The lowest BCUT2D eigenvalue weighted by Gasteiger charge is -2.69. The molecule has 3 aliphatic carbocycles. The number of aromatic nitrogens is 2. The van der Waals surface area contributed by atoms with Gasteiger partial charge in [0.05, 0.1) is 17.3 Å². The van der Waals surface area contributed by atoms with Crippen LogP contribution in [-0.4, -0.2) is 26.9 Å². The number of carboxylic acids is 1. The van der Waals surface area contributed by atoms with Crippen molar-refractivity contribution in [3.63, 3.8) is 0 Å². The summed E-state index contributed by atoms with van der Waals surface area (Å²) in [5.41, 5.74) is 2.25. The molecule has 0 radical (unpaired) electrons. The molecular formula is C25H25F2N3O3. The van der Waals surface area contributed by atoms with Crippen LogP contribution in [0.5, 0.6) is 0 Å². The van der Waals surface area contributed by atoms with Gasteiger partial charge in [-0.2, -0.15) is 0 Å². The number of aromatic carboxylic acids is 1. The topological polar surface area (TPSA) is 83.7 Å². The minimum absolute atomic E-state index is 0.147. The molecule has 0 amide bonds. The van der Waals surface area contributed by atoms with Gasteiger partial charge in [0.2, 0.25) is 6.43 Å². The Morgan fingerprint density at radius 2 is 1.88 bits per heavy atom. The van der Waals surface area contributed by atoms with Crippen LogP contribution in [0.15, 0.2) is 41.3 Å². The molecule has 6 nitrogen and oxygen atoms in total. The van der Waals surface area contributed by atoms with Crippen LogP contribution < -0.4 is 10.9 Å². The molecular weight excluding hydrogens is 428 g/mol. The van der Waals surface area contributed by atoms with Crippen LogP contribution in [0.25, 0.3) is 5.65 Å². The van der Waals surface area contributed by atoms with Crippen LogP contribution in [0.1, 0.15) is 65.0 Å². The first-order valence-electron chi connectivity index (χ1n) is 11.0. The maximum atomic E-state index is 13.4. The molecule has 3 fully saturated rings. The first-order valence-corrected chi connectivity index (χ1v) is 11.0. The molecule has 2 heterocycles. The Labute approximate surface area is 189 Å². The van der Waals surface area contributed by atoms with Crippen molar-refractivity contribution in [3.8, 4) is 0 Å². The molecule has 2 N–H and O–H groups in total. The van der Waals surface area contributed by atoms with E-state index >= 15 is 0 Å². The average molecular weight is 453 g/mol. The van der Waals surface area contributed by atoms with Gasteiger partial charge in [0.25, 0.3) is 5.56 Å². The number of aryl methyl sites for hydroxylation is 1. The fourth-order valence-electron chi connectivity index (χ4n) is 5.79. The lowest BCUT2D eigenvalue weighted by Crippen LogP contribution is -2.68. The van der Waals surface area contributed by atoms with Gasteiger partial charge in [0.15, 0.2) is 0 Å². The highest BCUT2D eigenvalue weighted by Crippen LogP contribution is 2.75. The molecule has 0 unspecified atom stereocenters. The number of halogens is 2. The Balaban J connectivity index is 1.60. The largest absolute Gasteiger partial charge is 0.478 e. The molecule has 33 heavy (non-hydrogen) atoms. The molecule has 3 aromatic rings. The van der Waals surface area contributed by atoms with Gasteiger partial charge in [-0.3, -0.25) is 9.20 Å². The maximum absolute atomic E-state index is 13.4. The molecule has 6 rings (SSSR count). The number of fused-ring (bicyclic) bond motifs is 1. The van der Waals surface area contributed by atoms with E-state index in [4.69, 9.17) is 4.98 Å². The Morgan fingerprint density at radius 3 is 2.52 bits per heavy atom. The van der Waals surface area contributed by atoms with Gasteiger partial charge in [-0.05, 0) is 63.8 Å². The van der Waals surface area contributed by atoms with Crippen molar-refractivity contribution >= 4 is 17.3 Å². The third-order valence-electron chi connectivity index (χ3n) is 7.35. The zero-order valence-corrected chi connectivity index (χ0v) is 18.7. The second-order valence-corrected chi connectivity index (χ2v) is 9.75. The predicted octanol–water partition coefficient (Wildman–Crippen LogP) is 4.87. The zero-order valence-electron chi connectivity index (χ0n) is 18.7. The number of anilines is 1. The van der Waals surface area contributed by atoms with E-state index in [0.29, 0.717) is 41.9 Å². The first-order chi connectivity index (χ1) is 15.6. The summed E-state index contributed by atoms with van der Waals surface area (Å²) in [6, 6.07) is 8.19. The van der Waals surface area contributed by atoms with Gasteiger partial charge in [0.1, 0.15) is 5.65 Å². The molecule has 2 bridgehead atoms. The van der Waals surface area contributed by atoms with E-state index in [9.17, 15) is 23.5 Å². The van der Waals surface area contributed by atoms with Crippen molar-refractivity contribution in [2.24, 2.45) is 5.41 Å². The number of carboxylic acid groups (broad SMARTS) is 1. The van der Waals surface area contributed by atoms with E-state index in [1.54, 1.807) is 31.3 Å². The third kappa shape index (κ3) is 3.07. The summed E-state index contributed by atoms with van der Waals surface area (Å²) in [7, 11) is 0. The minimum atomic E-state index is -2.35. The Kier molecular flexibility index (Phi) is 4.64. The first kappa shape index (κ1) is 21.6. The number of rotatable bonds is 6. The van der Waals surface area contributed by atoms with E-state index in [-0.39, 0.29) is 17.2 Å². The van der Waals surface area contributed by atoms with Gasteiger partial charge in [-0.1, -0.05) is 12.1 Å². The van der Waals surface area contributed by atoms with Crippen molar-refractivity contribution in [2.75, 3.05) is 5.32 Å². The summed E-state index contributed by atoms with van der Waals surface area (Å²) in [4.78, 5) is 29.8. The Bertz CT molecular complexity index is 1350. The molecule has 1 atom stereocenters. The SMILES string of the molecule is Cc1cc([C@@H](C)Nc2ccccc2C(=O)O)c2nc(C34CC(C(F)F)(C3)C4)c(C)c(=O)n2c1. The number of pyridine rings is 1. The van der Waals surface area contributed by atoms with Gasteiger partial charge in [-0.25, -0.2) is 18.6 Å². The summed E-state index contributed by atoms with van der Waals surface area (Å²) in [5.74, 6) is -1.04. The normalized spacial score (nSPS) is 24.3. The smallest absolute Gasteiger partial charge is 0.337 e. The predicted molar refractivity (Wildman–Crippen MR) is 120 cm³/mol. The second-order valence-electron chi connectivity index (χ2n) is 9.75. The van der Waals surface area contributed by atoms with Gasteiger partial charge < -0.3 is 10.4 Å². The number of carbonyl (C=O) groups is 1. The monoisotopic (exact) mass is 453 g/mol. The summed E-state index contributed by atoms with van der Waals surface area (Å²) in [6.45, 7) is 5.48. The minimum Gasteiger partial charge on any atom is -0.478 e. The summed E-state index contributed by atoms with van der Waals surface area (Å²) >= 11 is 0. The van der Waals surface area contributed by atoms with Gasteiger partial charge >= 0.3 is 5.97 Å². The van der Waals surface area contributed by atoms with Gasteiger partial charge in [-0.15, -0.1) is 0 Å². The molecule has 0 aliphatic heterocycles. The number of para-hydroxylation sites is 1. The Hall–Kier alpha value is -3.29. The lowest BCUT2D eigenvalue weighted by molar-refractivity contribution is -0.223. The van der Waals surface area contributed by atoms with Crippen molar-refractivity contribution in [2.45, 2.75) is 57.9 Å². The fraction of sp³-hybridized carbons (Fsp3) is 0.400. The molecule has 8 heteroatoms. The number of benzene rings is 1. The highest BCUT2D eigenvalue weighted by Gasteiger charge is 2.73. The molecule has 0 saturated heterocycles. The van der Waals surface area contributed by atoms with Crippen LogP contribution in [0, 0.1) is 19.3 Å². The van der Waals surface area contributed by atoms with E-state index in [2.05, 4.69) is 5.32 Å². The fourth-order valence-corrected chi connectivity index (χ4v) is 5.79. The molecule has 172 valence electrons. The summed E-state index contributed by atoms with van der Waals surface area (Å²) in [5, 5.41) is 12.7. The molecule has 2 aromatic heterocycles. The van der Waals surface area contributed by atoms with E-state index in [0.717, 1.165) is 11.1 Å². The van der Waals surface area contributed by atoms with Crippen molar-refractivity contribution in [3.05, 3.63) is 74.8 Å². The second kappa shape index (κ2) is 7.10. The highest BCUT2D eigenvalue weighted by molar-refractivity contribution is 5.94. The molecule has 3 aliphatic rings. The van der Waals surface area contributed by atoms with Crippen molar-refractivity contribution in [1.29, 1.82) is 0 Å². The third-order valence-corrected chi connectivity index (χ3v) is 7.35. The molecule has 1 aromatic carbocycles. The number of hydrogen-bond acceptors (Lipinski definition) is 4. The molecule has 0 spiro atoms. The van der Waals surface area contributed by atoms with Crippen LogP contribution >= 0.6 is 0 Å². The average Bonchev–Trinajstić information content (AvgIpc) is 2.69. The maximum Gasteiger partial charge on any atom is 0.337 e. The lowest BCUT2D eigenvalue weighted by atomic mass is 9.34. The number of alkyl halides is 2. The number of nitrogens with one attached hydrogen (secondary N) is 1. The molecule has 3 saturated carbocycles. The van der Waals surface area contributed by atoms with Crippen LogP contribution in [0.4, 0.5) is 14.5 Å². The van der Waals surface area contributed by atoms with Crippen LogP contribution in [0.3, 0.4) is 0 Å². The van der Waals surface area contributed by atoms with Crippen molar-refractivity contribution < 1.29 is 18.7 Å².